The van der Waals surface area contributed by atoms with E-state index in [1.807, 2.05) is 25.1 Å². The van der Waals surface area contributed by atoms with E-state index >= 15 is 0 Å². The number of amides is 2. The van der Waals surface area contributed by atoms with Gasteiger partial charge in [-0.1, -0.05) is 43.7 Å². The summed E-state index contributed by atoms with van der Waals surface area (Å²) in [5, 5.41) is 2.90. The van der Waals surface area contributed by atoms with Crippen LogP contribution in [0.25, 0.3) is 0 Å². The quantitative estimate of drug-likeness (QED) is 0.839. The molecule has 1 aromatic rings. The van der Waals surface area contributed by atoms with Gasteiger partial charge < -0.3 is 10.2 Å². The molecule has 4 heteroatoms. The van der Waals surface area contributed by atoms with Crippen LogP contribution in [0.3, 0.4) is 0 Å². The summed E-state index contributed by atoms with van der Waals surface area (Å²) in [6.07, 6.45) is 0.345. The summed E-state index contributed by atoms with van der Waals surface area (Å²) in [4.78, 5) is 25.1. The van der Waals surface area contributed by atoms with Gasteiger partial charge in [-0.3, -0.25) is 9.59 Å². The Balaban J connectivity index is 2.37. The average Bonchev–Trinajstić information content (AvgIpc) is 2.40. The molecule has 21 heavy (non-hydrogen) atoms. The third-order valence-corrected chi connectivity index (χ3v) is 3.21. The molecule has 0 fully saturated rings. The lowest BCUT2D eigenvalue weighted by molar-refractivity contribution is -0.130. The van der Waals surface area contributed by atoms with E-state index < -0.39 is 0 Å². The Labute approximate surface area is 127 Å². The normalized spacial score (nSPS) is 10.5. The van der Waals surface area contributed by atoms with Gasteiger partial charge in [0.1, 0.15) is 0 Å². The van der Waals surface area contributed by atoms with Gasteiger partial charge in [-0.05, 0) is 18.4 Å². The minimum atomic E-state index is -0.0217. The van der Waals surface area contributed by atoms with Gasteiger partial charge in [-0.2, -0.15) is 0 Å². The van der Waals surface area contributed by atoms with E-state index in [9.17, 15) is 9.59 Å². The van der Waals surface area contributed by atoms with Crippen molar-refractivity contribution in [2.24, 2.45) is 5.92 Å². The van der Waals surface area contributed by atoms with Gasteiger partial charge in [0, 0.05) is 33.0 Å². The van der Waals surface area contributed by atoms with Crippen LogP contribution in [0.2, 0.25) is 0 Å². The molecule has 0 heterocycles. The lowest BCUT2D eigenvalue weighted by Gasteiger charge is -2.22. The molecule has 0 unspecified atom stereocenters. The van der Waals surface area contributed by atoms with E-state index in [2.05, 4.69) is 25.2 Å². The van der Waals surface area contributed by atoms with Gasteiger partial charge in [0.2, 0.25) is 11.8 Å². The third-order valence-electron chi connectivity index (χ3n) is 3.21. The highest BCUT2D eigenvalue weighted by Gasteiger charge is 2.12. The summed E-state index contributed by atoms with van der Waals surface area (Å²) in [7, 11) is 0. The third kappa shape index (κ3) is 6.93. The monoisotopic (exact) mass is 290 g/mol. The summed E-state index contributed by atoms with van der Waals surface area (Å²) >= 11 is 0. The number of carbonyl (C=O) groups excluding carboxylic acids is 2. The summed E-state index contributed by atoms with van der Waals surface area (Å²) in [5.74, 6) is 0.408. The molecule has 0 spiro atoms. The van der Waals surface area contributed by atoms with Crippen molar-refractivity contribution in [3.8, 4) is 0 Å². The van der Waals surface area contributed by atoms with Crippen LogP contribution in [0.1, 0.15) is 38.3 Å². The molecule has 1 N–H and O–H groups in total. The Morgan fingerprint density at radius 2 is 2.00 bits per heavy atom. The maximum absolute atomic E-state index is 11.9. The van der Waals surface area contributed by atoms with Crippen LogP contribution in [0.5, 0.6) is 0 Å². The van der Waals surface area contributed by atoms with Crippen molar-refractivity contribution in [1.82, 2.24) is 10.2 Å². The van der Waals surface area contributed by atoms with E-state index in [0.29, 0.717) is 32.0 Å². The highest BCUT2D eigenvalue weighted by atomic mass is 16.2. The van der Waals surface area contributed by atoms with Crippen molar-refractivity contribution >= 4 is 11.8 Å². The van der Waals surface area contributed by atoms with Gasteiger partial charge >= 0.3 is 0 Å². The Morgan fingerprint density at radius 1 is 1.29 bits per heavy atom. The van der Waals surface area contributed by atoms with Crippen LogP contribution in [-0.4, -0.2) is 29.8 Å². The molecule has 1 rings (SSSR count). The Kier molecular flexibility index (Phi) is 6.92. The van der Waals surface area contributed by atoms with E-state index in [4.69, 9.17) is 0 Å². The molecule has 0 saturated carbocycles. The maximum atomic E-state index is 11.9. The molecule has 0 aliphatic carbocycles. The van der Waals surface area contributed by atoms with Crippen LogP contribution in [-0.2, 0) is 16.1 Å². The van der Waals surface area contributed by atoms with Crippen molar-refractivity contribution in [2.75, 3.05) is 13.1 Å². The molecule has 2 amide bonds. The predicted molar refractivity (Wildman–Crippen MR) is 84.7 cm³/mol. The van der Waals surface area contributed by atoms with E-state index in [1.165, 1.54) is 5.56 Å². The standard InChI is InChI=1S/C17H26N2O2/c1-13(2)12-19(15(4)20)9-8-17(21)18-11-16-7-5-6-14(3)10-16/h5-7,10,13H,8-9,11-12H2,1-4H3,(H,18,21). The average molecular weight is 290 g/mol. The van der Waals surface area contributed by atoms with Gasteiger partial charge in [-0.25, -0.2) is 0 Å². The number of hydrogen-bond donors (Lipinski definition) is 1. The number of aryl methyl sites for hydroxylation is 1. The van der Waals surface area contributed by atoms with E-state index in [0.717, 1.165) is 5.56 Å². The largest absolute Gasteiger partial charge is 0.352 e. The Bertz CT molecular complexity index is 483. The van der Waals surface area contributed by atoms with Crippen molar-refractivity contribution in [3.63, 3.8) is 0 Å². The molecule has 0 aromatic heterocycles. The van der Waals surface area contributed by atoms with Crippen molar-refractivity contribution in [2.45, 2.75) is 40.7 Å². The zero-order chi connectivity index (χ0) is 15.8. The van der Waals surface area contributed by atoms with Crippen LogP contribution in [0.15, 0.2) is 24.3 Å². The van der Waals surface area contributed by atoms with Gasteiger partial charge in [0.15, 0.2) is 0 Å². The van der Waals surface area contributed by atoms with Crippen LogP contribution >= 0.6 is 0 Å². The summed E-state index contributed by atoms with van der Waals surface area (Å²) in [5.41, 5.74) is 2.27. The number of nitrogens with zero attached hydrogens (tertiary/aromatic N) is 1. The fourth-order valence-corrected chi connectivity index (χ4v) is 2.17. The van der Waals surface area contributed by atoms with Crippen molar-refractivity contribution in [3.05, 3.63) is 35.4 Å². The van der Waals surface area contributed by atoms with Gasteiger partial charge in [-0.15, -0.1) is 0 Å². The smallest absolute Gasteiger partial charge is 0.222 e. The van der Waals surface area contributed by atoms with Crippen LogP contribution < -0.4 is 5.32 Å². The predicted octanol–water partition coefficient (Wildman–Crippen LogP) is 2.51. The van der Waals surface area contributed by atoms with Crippen molar-refractivity contribution < 1.29 is 9.59 Å². The first-order chi connectivity index (χ1) is 9.88. The minimum absolute atomic E-state index is 0.0217. The zero-order valence-corrected chi connectivity index (χ0v) is 13.5. The lowest BCUT2D eigenvalue weighted by atomic mass is 10.1. The molecule has 116 valence electrons. The summed E-state index contributed by atoms with van der Waals surface area (Å²) in [6.45, 7) is 9.41. The SMILES string of the molecule is CC(=O)N(CCC(=O)NCc1cccc(C)c1)CC(C)C. The van der Waals surface area contributed by atoms with Crippen molar-refractivity contribution in [1.29, 1.82) is 0 Å². The Morgan fingerprint density at radius 3 is 2.57 bits per heavy atom. The van der Waals surface area contributed by atoms with Gasteiger partial charge in [0.05, 0.1) is 0 Å². The molecule has 1 aromatic carbocycles. The second-order valence-corrected chi connectivity index (χ2v) is 5.87. The van der Waals surface area contributed by atoms with Gasteiger partial charge in [0.25, 0.3) is 0 Å². The zero-order valence-electron chi connectivity index (χ0n) is 13.5. The number of carbonyl (C=O) groups is 2. The summed E-state index contributed by atoms with van der Waals surface area (Å²) in [6, 6.07) is 8.06. The molecule has 0 aliphatic heterocycles. The molecule has 0 atom stereocenters. The second-order valence-electron chi connectivity index (χ2n) is 5.87. The number of benzene rings is 1. The second kappa shape index (κ2) is 8.45. The Hall–Kier alpha value is -1.84. The molecule has 4 nitrogen and oxygen atoms in total. The molecule has 0 saturated heterocycles. The fraction of sp³-hybridized carbons (Fsp3) is 0.529. The topological polar surface area (TPSA) is 49.4 Å². The van der Waals surface area contributed by atoms with Crippen LogP contribution in [0.4, 0.5) is 0 Å². The first-order valence-electron chi connectivity index (χ1n) is 7.46. The highest BCUT2D eigenvalue weighted by molar-refractivity contribution is 5.78. The van der Waals surface area contributed by atoms with E-state index in [1.54, 1.807) is 11.8 Å². The fourth-order valence-electron chi connectivity index (χ4n) is 2.17. The number of nitrogens with one attached hydrogen (secondary N) is 1. The molecule has 0 bridgehead atoms. The summed E-state index contributed by atoms with van der Waals surface area (Å²) < 4.78 is 0. The molecular formula is C17H26N2O2. The molecular weight excluding hydrogens is 264 g/mol. The maximum Gasteiger partial charge on any atom is 0.222 e. The lowest BCUT2D eigenvalue weighted by Crippen LogP contribution is -2.36. The molecule has 0 radical (unpaired) electrons. The van der Waals surface area contributed by atoms with E-state index in [-0.39, 0.29) is 11.8 Å². The minimum Gasteiger partial charge on any atom is -0.352 e. The number of hydrogen-bond acceptors (Lipinski definition) is 2. The van der Waals surface area contributed by atoms with Crippen LogP contribution in [0, 0.1) is 12.8 Å². The first kappa shape index (κ1) is 17.2. The number of rotatable bonds is 7. The highest BCUT2D eigenvalue weighted by Crippen LogP contribution is 2.04. The first-order valence-corrected chi connectivity index (χ1v) is 7.46. The molecule has 0 aliphatic rings.